The Morgan fingerprint density at radius 3 is 2.87 bits per heavy atom. The van der Waals surface area contributed by atoms with Crippen LogP contribution in [0.4, 0.5) is 0 Å². The highest BCUT2D eigenvalue weighted by molar-refractivity contribution is 9.09. The van der Waals surface area contributed by atoms with Gasteiger partial charge in [0.2, 0.25) is 0 Å². The van der Waals surface area contributed by atoms with Crippen LogP contribution in [-0.2, 0) is 16.9 Å². The summed E-state index contributed by atoms with van der Waals surface area (Å²) in [5.74, 6) is 0.775. The van der Waals surface area contributed by atoms with Crippen molar-refractivity contribution >= 4 is 25.8 Å². The molecular formula is C9H13BrN2O2S. The number of hydrogen-bond donors (Lipinski definition) is 0. The Kier molecular flexibility index (Phi) is 2.89. The van der Waals surface area contributed by atoms with Crippen molar-refractivity contribution in [3.8, 4) is 0 Å². The van der Waals surface area contributed by atoms with Gasteiger partial charge in [-0.3, -0.25) is 0 Å². The smallest absolute Gasteiger partial charge is 0.150 e. The molecule has 2 heterocycles. The molecule has 0 spiro atoms. The summed E-state index contributed by atoms with van der Waals surface area (Å²) in [6.45, 7) is 0. The zero-order valence-electron chi connectivity index (χ0n) is 8.43. The molecule has 1 saturated heterocycles. The Hall–Kier alpha value is -0.360. The van der Waals surface area contributed by atoms with E-state index in [1.54, 1.807) is 12.5 Å². The average Bonchev–Trinajstić information content (AvgIpc) is 2.71. The summed E-state index contributed by atoms with van der Waals surface area (Å²) in [5, 5.41) is 0. The summed E-state index contributed by atoms with van der Waals surface area (Å²) in [7, 11) is -0.887. The maximum absolute atomic E-state index is 11.4. The van der Waals surface area contributed by atoms with Crippen molar-refractivity contribution in [3.05, 3.63) is 18.2 Å². The lowest BCUT2D eigenvalue weighted by Crippen LogP contribution is -2.12. The van der Waals surface area contributed by atoms with Crippen LogP contribution in [-0.4, -0.2) is 29.5 Å². The predicted molar refractivity (Wildman–Crippen MR) is 61.6 cm³/mol. The van der Waals surface area contributed by atoms with Crippen LogP contribution in [0.5, 0.6) is 0 Å². The van der Waals surface area contributed by atoms with Gasteiger partial charge in [-0.2, -0.15) is 0 Å². The summed E-state index contributed by atoms with van der Waals surface area (Å²) in [4.78, 5) is 4.12. The number of nitrogens with zero attached hydrogens (tertiary/aromatic N) is 2. The van der Waals surface area contributed by atoms with E-state index in [4.69, 9.17) is 0 Å². The highest BCUT2D eigenvalue weighted by Crippen LogP contribution is 2.37. The van der Waals surface area contributed by atoms with E-state index in [1.807, 2.05) is 11.6 Å². The maximum atomic E-state index is 11.4. The van der Waals surface area contributed by atoms with E-state index in [1.165, 1.54) is 0 Å². The van der Waals surface area contributed by atoms with Gasteiger partial charge in [0.15, 0.2) is 9.84 Å². The third-order valence-electron chi connectivity index (χ3n) is 2.82. The van der Waals surface area contributed by atoms with Gasteiger partial charge in [-0.15, -0.1) is 0 Å². The molecule has 0 radical (unpaired) electrons. The number of halogens is 1. The van der Waals surface area contributed by atoms with Crippen LogP contribution < -0.4 is 0 Å². The minimum absolute atomic E-state index is 0.0854. The zero-order chi connectivity index (χ0) is 11.1. The Morgan fingerprint density at radius 1 is 1.67 bits per heavy atom. The Labute approximate surface area is 97.7 Å². The van der Waals surface area contributed by atoms with Crippen molar-refractivity contribution < 1.29 is 8.42 Å². The van der Waals surface area contributed by atoms with Gasteiger partial charge in [-0.1, -0.05) is 15.9 Å². The number of rotatable bonds is 2. The first-order valence-electron chi connectivity index (χ1n) is 4.80. The molecule has 2 rings (SSSR count). The lowest BCUT2D eigenvalue weighted by Gasteiger charge is -2.16. The lowest BCUT2D eigenvalue weighted by molar-refractivity contribution is 0.563. The van der Waals surface area contributed by atoms with Gasteiger partial charge >= 0.3 is 0 Å². The Balaban J connectivity index is 2.17. The molecule has 0 aliphatic carbocycles. The molecule has 1 fully saturated rings. The highest BCUT2D eigenvalue weighted by atomic mass is 79.9. The van der Waals surface area contributed by atoms with E-state index in [-0.39, 0.29) is 16.5 Å². The number of sulfone groups is 1. The molecule has 2 atom stereocenters. The number of aromatic nitrogens is 2. The van der Waals surface area contributed by atoms with Crippen molar-refractivity contribution in [2.45, 2.75) is 11.2 Å². The molecule has 6 heteroatoms. The van der Waals surface area contributed by atoms with Crippen LogP contribution in [0.1, 0.15) is 16.9 Å². The standard InChI is InChI=1S/C9H13BrN2O2S/c1-12-6-11-4-8(12)9(10)7-2-3-15(13,14)5-7/h4,6-7,9H,2-3,5H2,1H3. The van der Waals surface area contributed by atoms with Crippen LogP contribution in [0.25, 0.3) is 0 Å². The first kappa shape index (κ1) is 11.1. The van der Waals surface area contributed by atoms with E-state index in [0.29, 0.717) is 5.75 Å². The van der Waals surface area contributed by atoms with Gasteiger partial charge in [0.1, 0.15) is 0 Å². The van der Waals surface area contributed by atoms with Crippen molar-refractivity contribution in [2.24, 2.45) is 13.0 Å². The molecule has 1 aliphatic rings. The first-order valence-corrected chi connectivity index (χ1v) is 7.54. The quantitative estimate of drug-likeness (QED) is 0.772. The van der Waals surface area contributed by atoms with Crippen molar-refractivity contribution in [2.75, 3.05) is 11.5 Å². The van der Waals surface area contributed by atoms with Gasteiger partial charge < -0.3 is 4.57 Å². The SMILES string of the molecule is Cn1cncc1C(Br)C1CCS(=O)(=O)C1. The van der Waals surface area contributed by atoms with Gasteiger partial charge in [-0.05, 0) is 12.3 Å². The van der Waals surface area contributed by atoms with Crippen molar-refractivity contribution in [1.29, 1.82) is 0 Å². The monoisotopic (exact) mass is 292 g/mol. The second kappa shape index (κ2) is 3.90. The number of aryl methyl sites for hydroxylation is 1. The number of alkyl halides is 1. The average molecular weight is 293 g/mol. The molecule has 84 valence electrons. The van der Waals surface area contributed by atoms with E-state index < -0.39 is 9.84 Å². The largest absolute Gasteiger partial charge is 0.337 e. The fourth-order valence-electron chi connectivity index (χ4n) is 1.93. The molecule has 4 nitrogen and oxygen atoms in total. The first-order chi connectivity index (χ1) is 6.99. The van der Waals surface area contributed by atoms with Crippen LogP contribution >= 0.6 is 15.9 Å². The van der Waals surface area contributed by atoms with Crippen molar-refractivity contribution in [1.82, 2.24) is 9.55 Å². The minimum Gasteiger partial charge on any atom is -0.337 e. The second-order valence-electron chi connectivity index (χ2n) is 3.99. The molecule has 1 aliphatic heterocycles. The van der Waals surface area contributed by atoms with Gasteiger partial charge in [-0.25, -0.2) is 13.4 Å². The summed E-state index contributed by atoms with van der Waals surface area (Å²) in [6.07, 6.45) is 4.25. The normalized spacial score (nSPS) is 26.7. The fourth-order valence-corrected chi connectivity index (χ4v) is 4.91. The van der Waals surface area contributed by atoms with Crippen LogP contribution in [0.2, 0.25) is 0 Å². The minimum atomic E-state index is -2.80. The molecule has 1 aromatic heterocycles. The molecular weight excluding hydrogens is 280 g/mol. The molecule has 0 N–H and O–H groups in total. The Morgan fingerprint density at radius 2 is 2.40 bits per heavy atom. The summed E-state index contributed by atoms with van der Waals surface area (Å²) in [5.41, 5.74) is 1.04. The molecule has 0 saturated carbocycles. The van der Waals surface area contributed by atoms with E-state index in [9.17, 15) is 8.42 Å². The third kappa shape index (κ3) is 2.25. The zero-order valence-corrected chi connectivity index (χ0v) is 10.8. The molecule has 0 amide bonds. The molecule has 1 aromatic rings. The fraction of sp³-hybridized carbons (Fsp3) is 0.667. The van der Waals surface area contributed by atoms with Gasteiger partial charge in [0, 0.05) is 13.2 Å². The second-order valence-corrected chi connectivity index (χ2v) is 7.21. The van der Waals surface area contributed by atoms with Gasteiger partial charge in [0.05, 0.1) is 28.4 Å². The van der Waals surface area contributed by atoms with Crippen LogP contribution in [0.3, 0.4) is 0 Å². The van der Waals surface area contributed by atoms with Crippen LogP contribution in [0.15, 0.2) is 12.5 Å². The molecule has 0 bridgehead atoms. The Bertz CT molecular complexity index is 454. The molecule has 0 aromatic carbocycles. The third-order valence-corrected chi connectivity index (χ3v) is 5.83. The summed E-state index contributed by atoms with van der Waals surface area (Å²) < 4.78 is 24.6. The maximum Gasteiger partial charge on any atom is 0.150 e. The molecule has 15 heavy (non-hydrogen) atoms. The number of imidazole rings is 1. The molecule has 2 unspecified atom stereocenters. The van der Waals surface area contributed by atoms with E-state index >= 15 is 0 Å². The lowest BCUT2D eigenvalue weighted by atomic mass is 10.0. The topological polar surface area (TPSA) is 52.0 Å². The predicted octanol–water partition coefficient (Wildman–Crippen LogP) is 1.29. The van der Waals surface area contributed by atoms with Crippen molar-refractivity contribution in [3.63, 3.8) is 0 Å². The summed E-state index contributed by atoms with van der Waals surface area (Å²) in [6, 6.07) is 0. The highest BCUT2D eigenvalue weighted by Gasteiger charge is 2.34. The van der Waals surface area contributed by atoms with Gasteiger partial charge in [0.25, 0.3) is 0 Å². The summed E-state index contributed by atoms with van der Waals surface area (Å²) >= 11 is 3.57. The van der Waals surface area contributed by atoms with E-state index in [0.717, 1.165) is 12.1 Å². The van der Waals surface area contributed by atoms with E-state index in [2.05, 4.69) is 20.9 Å². The van der Waals surface area contributed by atoms with Crippen LogP contribution in [0, 0.1) is 5.92 Å². The number of hydrogen-bond acceptors (Lipinski definition) is 3.